The molecule has 6 nitrogen and oxygen atoms in total. The molecule has 0 aliphatic carbocycles. The van der Waals surface area contributed by atoms with Gasteiger partial charge in [-0.1, -0.05) is 49.0 Å². The van der Waals surface area contributed by atoms with Gasteiger partial charge in [0.15, 0.2) is 5.65 Å². The van der Waals surface area contributed by atoms with Crippen molar-refractivity contribution in [2.75, 3.05) is 31.1 Å². The summed E-state index contributed by atoms with van der Waals surface area (Å²) in [6.07, 6.45) is 8.54. The van der Waals surface area contributed by atoms with E-state index < -0.39 is 0 Å². The molecule has 5 rings (SSSR count). The van der Waals surface area contributed by atoms with Crippen LogP contribution in [0.4, 0.5) is 5.82 Å². The van der Waals surface area contributed by atoms with Gasteiger partial charge in [0.2, 0.25) is 0 Å². The monoisotopic (exact) mass is 500 g/mol. The van der Waals surface area contributed by atoms with Crippen LogP contribution < -0.4 is 4.90 Å². The summed E-state index contributed by atoms with van der Waals surface area (Å²) >= 11 is 12.6. The molecule has 0 N–H and O–H groups in total. The highest BCUT2D eigenvalue weighted by atomic mass is 35.5. The molecule has 2 aliphatic heterocycles. The SMILES string of the molecule is Cc1nn([C@H](C)c2ccc(Cl)cc2Cl)c2nc(N3CC[C@@H](N4CCCCCC4)[C@@H](C)C3)cnc12. The third-order valence-electron chi connectivity index (χ3n) is 7.63. The topological polar surface area (TPSA) is 50.1 Å². The van der Waals surface area contributed by atoms with Crippen LogP contribution in [0.1, 0.15) is 63.3 Å². The maximum atomic E-state index is 6.52. The molecule has 2 fully saturated rings. The highest BCUT2D eigenvalue weighted by Crippen LogP contribution is 2.32. The molecule has 8 heteroatoms. The van der Waals surface area contributed by atoms with Gasteiger partial charge in [-0.3, -0.25) is 4.90 Å². The first kappa shape index (κ1) is 23.8. The molecule has 1 aromatic carbocycles. The first-order valence-electron chi connectivity index (χ1n) is 12.6. The fourth-order valence-corrected chi connectivity index (χ4v) is 6.31. The highest BCUT2D eigenvalue weighted by molar-refractivity contribution is 6.35. The molecule has 0 unspecified atom stereocenters. The Hall–Kier alpha value is -1.89. The van der Waals surface area contributed by atoms with Gasteiger partial charge in [0, 0.05) is 29.2 Å². The minimum absolute atomic E-state index is 0.0850. The predicted octanol–water partition coefficient (Wildman–Crippen LogP) is 6.14. The zero-order chi connectivity index (χ0) is 23.8. The average molecular weight is 502 g/mol. The van der Waals surface area contributed by atoms with Crippen molar-refractivity contribution in [2.24, 2.45) is 5.92 Å². The predicted molar refractivity (Wildman–Crippen MR) is 140 cm³/mol. The molecule has 2 aliphatic rings. The van der Waals surface area contributed by atoms with E-state index >= 15 is 0 Å². The van der Waals surface area contributed by atoms with Crippen LogP contribution in [0.2, 0.25) is 10.0 Å². The van der Waals surface area contributed by atoms with E-state index in [2.05, 4.69) is 23.6 Å². The lowest BCUT2D eigenvalue weighted by Crippen LogP contribution is -2.50. The first-order valence-corrected chi connectivity index (χ1v) is 13.3. The summed E-state index contributed by atoms with van der Waals surface area (Å²) < 4.78 is 1.95. The van der Waals surface area contributed by atoms with E-state index in [1.165, 1.54) is 45.2 Å². The van der Waals surface area contributed by atoms with Crippen LogP contribution in [0.3, 0.4) is 0 Å². The van der Waals surface area contributed by atoms with Gasteiger partial charge in [0.25, 0.3) is 0 Å². The van der Waals surface area contributed by atoms with E-state index in [0.717, 1.165) is 41.3 Å². The molecule has 2 saturated heterocycles. The molecule has 0 radical (unpaired) electrons. The van der Waals surface area contributed by atoms with Crippen molar-refractivity contribution in [3.05, 3.63) is 45.7 Å². The second kappa shape index (κ2) is 10.00. The summed E-state index contributed by atoms with van der Waals surface area (Å²) in [5.41, 5.74) is 3.48. The number of anilines is 1. The number of hydrogen-bond acceptors (Lipinski definition) is 5. The van der Waals surface area contributed by atoms with Crippen molar-refractivity contribution >= 4 is 40.2 Å². The number of likely N-dealkylation sites (tertiary alicyclic amines) is 1. The lowest BCUT2D eigenvalue weighted by molar-refractivity contribution is 0.132. The quantitative estimate of drug-likeness (QED) is 0.430. The highest BCUT2D eigenvalue weighted by Gasteiger charge is 2.32. The number of aryl methyl sites for hydroxylation is 1. The average Bonchev–Trinajstić information content (AvgIpc) is 2.98. The van der Waals surface area contributed by atoms with Crippen molar-refractivity contribution < 1.29 is 0 Å². The number of aromatic nitrogens is 4. The van der Waals surface area contributed by atoms with Crippen LogP contribution in [0.15, 0.2) is 24.4 Å². The lowest BCUT2D eigenvalue weighted by Gasteiger charge is -2.42. The fraction of sp³-hybridized carbons (Fsp3) is 0.577. The standard InChI is InChI=1S/C26H34Cl2N6/c1-17-16-33(13-10-23(17)32-11-6-4-5-7-12-32)24-15-29-25-18(2)31-34(26(25)30-24)19(3)21-9-8-20(27)14-22(21)28/h8-9,14-15,17,19,23H,4-7,10-13,16H2,1-3H3/t17-,19+,23+/m0/s1. The molecular formula is C26H34Cl2N6. The van der Waals surface area contributed by atoms with Crippen molar-refractivity contribution in [2.45, 2.75) is 65.0 Å². The van der Waals surface area contributed by atoms with Crippen LogP contribution in [0, 0.1) is 12.8 Å². The van der Waals surface area contributed by atoms with Crippen LogP contribution in [0.5, 0.6) is 0 Å². The normalized spacial score (nSPS) is 23.3. The summed E-state index contributed by atoms with van der Waals surface area (Å²) in [5.74, 6) is 1.53. The molecule has 182 valence electrons. The number of rotatable bonds is 4. The number of piperidine rings is 1. The van der Waals surface area contributed by atoms with E-state index in [0.29, 0.717) is 22.0 Å². The van der Waals surface area contributed by atoms with Crippen LogP contribution >= 0.6 is 23.2 Å². The van der Waals surface area contributed by atoms with E-state index in [1.54, 1.807) is 6.07 Å². The molecule has 0 bridgehead atoms. The Labute approximate surface area is 212 Å². The molecule has 0 saturated carbocycles. The summed E-state index contributed by atoms with van der Waals surface area (Å²) in [5, 5.41) is 6.05. The van der Waals surface area contributed by atoms with Crippen molar-refractivity contribution in [1.29, 1.82) is 0 Å². The Morgan fingerprint density at radius 1 is 1.06 bits per heavy atom. The van der Waals surface area contributed by atoms with Gasteiger partial charge in [-0.2, -0.15) is 5.10 Å². The Morgan fingerprint density at radius 3 is 2.53 bits per heavy atom. The lowest BCUT2D eigenvalue weighted by atomic mass is 9.92. The third kappa shape index (κ3) is 4.65. The van der Waals surface area contributed by atoms with E-state index in [-0.39, 0.29) is 6.04 Å². The van der Waals surface area contributed by atoms with Gasteiger partial charge in [-0.15, -0.1) is 0 Å². The Bertz CT molecular complexity index is 1150. The van der Waals surface area contributed by atoms with Gasteiger partial charge in [0.05, 0.1) is 17.9 Å². The maximum Gasteiger partial charge on any atom is 0.179 e. The van der Waals surface area contributed by atoms with Gasteiger partial charge in [-0.25, -0.2) is 14.6 Å². The summed E-state index contributed by atoms with van der Waals surface area (Å²) in [6.45, 7) is 11.0. The molecule has 3 atom stereocenters. The second-order valence-electron chi connectivity index (χ2n) is 10.0. The van der Waals surface area contributed by atoms with E-state index in [4.69, 9.17) is 38.3 Å². The third-order valence-corrected chi connectivity index (χ3v) is 8.19. The fourth-order valence-electron chi connectivity index (χ4n) is 5.75. The molecular weight excluding hydrogens is 467 g/mol. The molecule has 2 aromatic heterocycles. The molecule has 34 heavy (non-hydrogen) atoms. The van der Waals surface area contributed by atoms with Gasteiger partial charge >= 0.3 is 0 Å². The van der Waals surface area contributed by atoms with E-state index in [9.17, 15) is 0 Å². The van der Waals surface area contributed by atoms with E-state index in [1.807, 2.05) is 29.9 Å². The number of hydrogen-bond donors (Lipinski definition) is 0. The van der Waals surface area contributed by atoms with Crippen LogP contribution in [-0.2, 0) is 0 Å². The summed E-state index contributed by atoms with van der Waals surface area (Å²) in [6, 6.07) is 6.19. The van der Waals surface area contributed by atoms with Gasteiger partial charge < -0.3 is 4.90 Å². The largest absolute Gasteiger partial charge is 0.355 e. The summed E-state index contributed by atoms with van der Waals surface area (Å²) in [4.78, 5) is 15.0. The zero-order valence-corrected chi connectivity index (χ0v) is 21.9. The number of benzene rings is 1. The molecule has 0 amide bonds. The van der Waals surface area contributed by atoms with Crippen molar-refractivity contribution in [3.8, 4) is 0 Å². The molecule has 4 heterocycles. The summed E-state index contributed by atoms with van der Waals surface area (Å²) in [7, 11) is 0. The van der Waals surface area contributed by atoms with Crippen molar-refractivity contribution in [3.63, 3.8) is 0 Å². The molecule has 0 spiro atoms. The second-order valence-corrected chi connectivity index (χ2v) is 10.8. The van der Waals surface area contributed by atoms with Crippen LogP contribution in [-0.4, -0.2) is 56.9 Å². The Morgan fingerprint density at radius 2 is 1.82 bits per heavy atom. The number of fused-ring (bicyclic) bond motifs is 1. The first-order chi connectivity index (χ1) is 16.4. The van der Waals surface area contributed by atoms with Crippen molar-refractivity contribution in [1.82, 2.24) is 24.6 Å². The smallest absolute Gasteiger partial charge is 0.179 e. The van der Waals surface area contributed by atoms with Gasteiger partial charge in [-0.05, 0) is 69.8 Å². The minimum Gasteiger partial charge on any atom is -0.355 e. The Kier molecular flexibility index (Phi) is 7.01. The Balaban J connectivity index is 1.40. The van der Waals surface area contributed by atoms with Crippen LogP contribution in [0.25, 0.3) is 11.2 Å². The maximum absolute atomic E-state index is 6.52. The molecule has 3 aromatic rings. The zero-order valence-electron chi connectivity index (χ0n) is 20.3. The number of nitrogens with zero attached hydrogens (tertiary/aromatic N) is 6. The number of halogens is 2. The van der Waals surface area contributed by atoms with Gasteiger partial charge in [0.1, 0.15) is 11.3 Å². The minimum atomic E-state index is -0.0850.